The van der Waals surface area contributed by atoms with Crippen LogP contribution in [0.5, 0.6) is 0 Å². The van der Waals surface area contributed by atoms with Gasteiger partial charge in [0.2, 0.25) is 0 Å². The van der Waals surface area contributed by atoms with E-state index in [0.717, 1.165) is 35.8 Å². The van der Waals surface area contributed by atoms with E-state index in [1.54, 1.807) is 6.07 Å². The molecule has 0 saturated carbocycles. The van der Waals surface area contributed by atoms with Crippen LogP contribution in [0.15, 0.2) is 12.1 Å². The summed E-state index contributed by atoms with van der Waals surface area (Å²) < 4.78 is 0. The van der Waals surface area contributed by atoms with Crippen LogP contribution in [0.1, 0.15) is 53.2 Å². The zero-order valence-electron chi connectivity index (χ0n) is 12.1. The van der Waals surface area contributed by atoms with Gasteiger partial charge >= 0.3 is 5.97 Å². The van der Waals surface area contributed by atoms with E-state index in [1.165, 1.54) is 17.4 Å². The first-order chi connectivity index (χ1) is 9.43. The van der Waals surface area contributed by atoms with Crippen molar-refractivity contribution in [2.45, 2.75) is 46.1 Å². The van der Waals surface area contributed by atoms with E-state index in [0.29, 0.717) is 4.88 Å². The summed E-state index contributed by atoms with van der Waals surface area (Å²) in [7, 11) is 0. The van der Waals surface area contributed by atoms with Crippen LogP contribution >= 0.6 is 11.3 Å². The van der Waals surface area contributed by atoms with Gasteiger partial charge in [0.25, 0.3) is 5.91 Å². The van der Waals surface area contributed by atoms with Crippen LogP contribution in [0, 0.1) is 6.92 Å². The highest BCUT2D eigenvalue weighted by Crippen LogP contribution is 2.23. The number of carboxylic acid groups (broad SMARTS) is 1. The largest absolute Gasteiger partial charge is 0.478 e. The minimum atomic E-state index is -0.989. The summed E-state index contributed by atoms with van der Waals surface area (Å²) in [6.07, 6.45) is 5.79. The molecule has 1 amide bonds. The van der Waals surface area contributed by atoms with Gasteiger partial charge in [-0.15, -0.1) is 11.3 Å². The van der Waals surface area contributed by atoms with E-state index in [2.05, 4.69) is 12.2 Å². The predicted molar refractivity (Wildman–Crippen MR) is 82.2 cm³/mol. The van der Waals surface area contributed by atoms with Crippen molar-refractivity contribution in [2.24, 2.45) is 0 Å². The normalized spacial score (nSPS) is 12.6. The molecule has 5 heteroatoms. The molecule has 0 aliphatic heterocycles. The van der Waals surface area contributed by atoms with Gasteiger partial charge in [-0.05, 0) is 38.0 Å². The lowest BCUT2D eigenvalue weighted by Crippen LogP contribution is -2.31. The van der Waals surface area contributed by atoms with Gasteiger partial charge in [-0.2, -0.15) is 0 Å². The Labute approximate surface area is 123 Å². The number of aryl methyl sites for hydroxylation is 1. The number of amides is 1. The third-order valence-corrected chi connectivity index (χ3v) is 4.13. The summed E-state index contributed by atoms with van der Waals surface area (Å²) in [5.74, 6) is -1.08. The van der Waals surface area contributed by atoms with Crippen LogP contribution in [0.3, 0.4) is 0 Å². The fourth-order valence-corrected chi connectivity index (χ4v) is 2.78. The maximum absolute atomic E-state index is 12.1. The number of rotatable bonds is 7. The number of hydrogen-bond donors (Lipinski definition) is 2. The third kappa shape index (κ3) is 5.17. The predicted octanol–water partition coefficient (Wildman–Crippen LogP) is 3.46. The summed E-state index contributed by atoms with van der Waals surface area (Å²) >= 11 is 1.31. The third-order valence-electron chi connectivity index (χ3n) is 2.93. The maximum Gasteiger partial charge on any atom is 0.328 e. The number of carbonyl (C=O) groups is 2. The van der Waals surface area contributed by atoms with Crippen molar-refractivity contribution >= 4 is 29.3 Å². The summed E-state index contributed by atoms with van der Waals surface area (Å²) in [5, 5.41) is 11.6. The van der Waals surface area contributed by atoms with Crippen LogP contribution in [0.2, 0.25) is 0 Å². The first-order valence-electron chi connectivity index (χ1n) is 6.76. The first kappa shape index (κ1) is 16.4. The fourth-order valence-electron chi connectivity index (χ4n) is 1.80. The van der Waals surface area contributed by atoms with Crippen LogP contribution < -0.4 is 5.32 Å². The molecule has 1 atom stereocenters. The molecule has 1 heterocycles. The van der Waals surface area contributed by atoms with E-state index in [1.807, 2.05) is 13.8 Å². The second kappa shape index (κ2) is 7.85. The molecule has 0 spiro atoms. The quantitative estimate of drug-likeness (QED) is 0.757. The molecule has 0 bridgehead atoms. The molecule has 4 nitrogen and oxygen atoms in total. The molecule has 1 unspecified atom stereocenters. The fraction of sp³-hybridized carbons (Fsp3) is 0.467. The monoisotopic (exact) mass is 295 g/mol. The zero-order valence-corrected chi connectivity index (χ0v) is 12.9. The molecule has 1 aromatic heterocycles. The van der Waals surface area contributed by atoms with Crippen molar-refractivity contribution in [3.63, 3.8) is 0 Å². The average molecular weight is 295 g/mol. The van der Waals surface area contributed by atoms with Crippen LogP contribution in [0.25, 0.3) is 6.08 Å². The van der Waals surface area contributed by atoms with Crippen molar-refractivity contribution in [3.8, 4) is 0 Å². The van der Waals surface area contributed by atoms with E-state index in [-0.39, 0.29) is 11.9 Å². The molecular formula is C15H21NO3S. The van der Waals surface area contributed by atoms with Gasteiger partial charge in [0, 0.05) is 17.0 Å². The average Bonchev–Trinajstić information content (AvgIpc) is 2.75. The number of carbonyl (C=O) groups excluding carboxylic acids is 1. The maximum atomic E-state index is 12.1. The van der Waals surface area contributed by atoms with E-state index in [4.69, 9.17) is 5.11 Å². The van der Waals surface area contributed by atoms with Gasteiger partial charge in [-0.25, -0.2) is 4.79 Å². The zero-order chi connectivity index (χ0) is 15.1. The molecule has 2 N–H and O–H groups in total. The smallest absolute Gasteiger partial charge is 0.328 e. The van der Waals surface area contributed by atoms with Crippen molar-refractivity contribution < 1.29 is 14.7 Å². The number of nitrogens with one attached hydrogen (secondary N) is 1. The highest BCUT2D eigenvalue weighted by atomic mass is 32.1. The number of thiophene rings is 1. The van der Waals surface area contributed by atoms with Crippen molar-refractivity contribution in [2.75, 3.05) is 0 Å². The van der Waals surface area contributed by atoms with Crippen LogP contribution in [0.4, 0.5) is 0 Å². The van der Waals surface area contributed by atoms with Crippen molar-refractivity contribution in [3.05, 3.63) is 27.5 Å². The number of hydrogen-bond acceptors (Lipinski definition) is 3. The summed E-state index contributed by atoms with van der Waals surface area (Å²) in [5.41, 5.74) is 0.916. The van der Waals surface area contributed by atoms with E-state index >= 15 is 0 Å². The van der Waals surface area contributed by atoms with Crippen LogP contribution in [-0.4, -0.2) is 23.0 Å². The molecule has 0 aliphatic carbocycles. The highest BCUT2D eigenvalue weighted by molar-refractivity contribution is 7.15. The molecule has 1 rings (SSSR count). The van der Waals surface area contributed by atoms with Crippen LogP contribution in [-0.2, 0) is 4.79 Å². The Morgan fingerprint density at radius 2 is 2.20 bits per heavy atom. The minimum Gasteiger partial charge on any atom is -0.478 e. The Balaban J connectivity index is 2.70. The van der Waals surface area contributed by atoms with Gasteiger partial charge in [0.05, 0.1) is 4.88 Å². The number of aliphatic carboxylic acids is 1. The lowest BCUT2D eigenvalue weighted by molar-refractivity contribution is -0.131. The van der Waals surface area contributed by atoms with Gasteiger partial charge in [-0.3, -0.25) is 4.79 Å². The Hall–Kier alpha value is -1.62. The molecule has 0 aromatic carbocycles. The van der Waals surface area contributed by atoms with Gasteiger partial charge in [0.1, 0.15) is 0 Å². The Kier molecular flexibility index (Phi) is 6.45. The van der Waals surface area contributed by atoms with E-state index < -0.39 is 5.97 Å². The minimum absolute atomic E-state index is 0.0864. The molecule has 0 radical (unpaired) electrons. The summed E-state index contributed by atoms with van der Waals surface area (Å²) in [4.78, 5) is 24.0. The molecular weight excluding hydrogens is 274 g/mol. The molecule has 0 saturated heterocycles. The Morgan fingerprint density at radius 3 is 2.80 bits per heavy atom. The summed E-state index contributed by atoms with van der Waals surface area (Å²) in [6, 6.07) is 1.96. The SMILES string of the molecule is CCCCC(C)NC(=O)c1cc(C)c(/C=C/C(=O)O)s1. The van der Waals surface area contributed by atoms with Gasteiger partial charge in [0.15, 0.2) is 0 Å². The second-order valence-electron chi connectivity index (χ2n) is 4.85. The Morgan fingerprint density at radius 1 is 1.50 bits per heavy atom. The van der Waals surface area contributed by atoms with E-state index in [9.17, 15) is 9.59 Å². The lowest BCUT2D eigenvalue weighted by Gasteiger charge is -2.12. The molecule has 110 valence electrons. The highest BCUT2D eigenvalue weighted by Gasteiger charge is 2.13. The molecule has 0 aliphatic rings. The van der Waals surface area contributed by atoms with Gasteiger partial charge in [-0.1, -0.05) is 19.8 Å². The second-order valence-corrected chi connectivity index (χ2v) is 5.93. The Bertz CT molecular complexity index is 505. The standard InChI is InChI=1S/C15H21NO3S/c1-4-5-6-11(3)16-15(19)13-9-10(2)12(20-13)7-8-14(17)18/h7-9,11H,4-6H2,1-3H3,(H,16,19)(H,17,18)/b8-7+. The lowest BCUT2D eigenvalue weighted by atomic mass is 10.1. The molecule has 1 aromatic rings. The topological polar surface area (TPSA) is 66.4 Å². The van der Waals surface area contributed by atoms with Crippen molar-refractivity contribution in [1.29, 1.82) is 0 Å². The molecule has 20 heavy (non-hydrogen) atoms. The number of carboxylic acids is 1. The number of unbranched alkanes of at least 4 members (excludes halogenated alkanes) is 1. The molecule has 0 fully saturated rings. The summed E-state index contributed by atoms with van der Waals surface area (Å²) in [6.45, 7) is 5.99. The first-order valence-corrected chi connectivity index (χ1v) is 7.58. The van der Waals surface area contributed by atoms with Crippen molar-refractivity contribution in [1.82, 2.24) is 5.32 Å². The van der Waals surface area contributed by atoms with Gasteiger partial charge < -0.3 is 10.4 Å².